The first kappa shape index (κ1) is 23.8. The van der Waals surface area contributed by atoms with Crippen LogP contribution in [0.5, 0.6) is 0 Å². The normalized spacial score (nSPS) is 12.5. The van der Waals surface area contributed by atoms with Gasteiger partial charge in [0.05, 0.1) is 6.42 Å². The summed E-state index contributed by atoms with van der Waals surface area (Å²) in [5.41, 5.74) is 5.22. The maximum Gasteiger partial charge on any atom is 0.414 e. The molecule has 0 saturated heterocycles. The number of aliphatic carboxylic acids is 3. The smallest absolute Gasteiger partial charge is 0.414 e. The number of nitrogens with zero attached hydrogens (tertiary/aromatic N) is 1. The van der Waals surface area contributed by atoms with E-state index >= 15 is 0 Å². The first-order valence-corrected chi connectivity index (χ1v) is 7.71. The minimum Gasteiger partial charge on any atom is -0.481 e. The van der Waals surface area contributed by atoms with E-state index in [1.165, 1.54) is 0 Å². The average Bonchev–Trinajstić information content (AvgIpc) is 2.55. The van der Waals surface area contributed by atoms with Gasteiger partial charge in [-0.2, -0.15) is 0 Å². The van der Waals surface area contributed by atoms with Gasteiger partial charge in [-0.05, 0) is 12.8 Å². The fourth-order valence-electron chi connectivity index (χ4n) is 1.87. The van der Waals surface area contributed by atoms with Crippen LogP contribution in [-0.2, 0) is 24.0 Å². The number of amides is 3. The summed E-state index contributed by atoms with van der Waals surface area (Å²) in [5.74, 6) is -5.93. The van der Waals surface area contributed by atoms with Gasteiger partial charge in [-0.25, -0.2) is 14.5 Å². The number of carboxylic acid groups (broad SMARTS) is 4. The lowest BCUT2D eigenvalue weighted by molar-refractivity contribution is -0.143. The highest BCUT2D eigenvalue weighted by Gasteiger charge is 2.26. The summed E-state index contributed by atoms with van der Waals surface area (Å²) in [6.07, 6.45) is -3.89. The fourth-order valence-corrected chi connectivity index (χ4v) is 1.87. The van der Waals surface area contributed by atoms with Gasteiger partial charge < -0.3 is 31.5 Å². The van der Waals surface area contributed by atoms with Crippen LogP contribution in [0.2, 0.25) is 0 Å². The van der Waals surface area contributed by atoms with Gasteiger partial charge in [0.1, 0.15) is 12.1 Å². The molecule has 13 heteroatoms. The second-order valence-electron chi connectivity index (χ2n) is 5.45. The first-order chi connectivity index (χ1) is 12.5. The molecule has 0 saturated carbocycles. The molecule has 7 N–H and O–H groups in total. The predicted molar refractivity (Wildman–Crippen MR) is 85.6 cm³/mol. The molecular weight excluding hydrogens is 370 g/mol. The fraction of sp³-hybridized carbons (Fsp3) is 0.571. The molecule has 0 aromatic carbocycles. The van der Waals surface area contributed by atoms with Gasteiger partial charge in [-0.15, -0.1) is 0 Å². The third-order valence-electron chi connectivity index (χ3n) is 3.36. The number of nitrogens with two attached hydrogens (primary N) is 1. The second kappa shape index (κ2) is 11.4. The Morgan fingerprint density at radius 1 is 0.852 bits per heavy atom. The van der Waals surface area contributed by atoms with Crippen molar-refractivity contribution in [3.63, 3.8) is 0 Å². The molecule has 0 aromatic rings. The van der Waals surface area contributed by atoms with Crippen molar-refractivity contribution in [2.24, 2.45) is 5.73 Å². The van der Waals surface area contributed by atoms with Gasteiger partial charge in [-0.1, -0.05) is 0 Å². The molecule has 2 unspecified atom stereocenters. The highest BCUT2D eigenvalue weighted by atomic mass is 16.4. The lowest BCUT2D eigenvalue weighted by Crippen LogP contribution is -2.43. The predicted octanol–water partition coefficient (Wildman–Crippen LogP) is -1.49. The zero-order valence-electron chi connectivity index (χ0n) is 14.2. The second-order valence-corrected chi connectivity index (χ2v) is 5.45. The van der Waals surface area contributed by atoms with Crippen LogP contribution in [-0.4, -0.2) is 79.8 Å². The molecule has 0 rings (SSSR count). The highest BCUT2D eigenvalue weighted by Crippen LogP contribution is 2.06. The van der Waals surface area contributed by atoms with Crippen LogP contribution in [0.15, 0.2) is 0 Å². The third-order valence-corrected chi connectivity index (χ3v) is 3.36. The van der Waals surface area contributed by atoms with Crippen molar-refractivity contribution < 1.29 is 49.2 Å². The molecule has 0 radical (unpaired) electrons. The van der Waals surface area contributed by atoms with Gasteiger partial charge in [0.25, 0.3) is 0 Å². The Bertz CT molecular complexity index is 606. The molecule has 27 heavy (non-hydrogen) atoms. The number of imide groups is 1. The summed E-state index contributed by atoms with van der Waals surface area (Å²) in [4.78, 5) is 67.0. The van der Waals surface area contributed by atoms with Gasteiger partial charge in [0, 0.05) is 19.4 Å². The Morgan fingerprint density at radius 3 is 1.89 bits per heavy atom. The summed E-state index contributed by atoms with van der Waals surface area (Å²) in [6.45, 7) is -0.597. The highest BCUT2D eigenvalue weighted by molar-refractivity contribution is 5.92. The average molecular weight is 391 g/mol. The van der Waals surface area contributed by atoms with Crippen LogP contribution in [0.3, 0.4) is 0 Å². The minimum atomic E-state index is -1.68. The van der Waals surface area contributed by atoms with Gasteiger partial charge in [0.15, 0.2) is 0 Å². The van der Waals surface area contributed by atoms with E-state index in [1.807, 2.05) is 0 Å². The van der Waals surface area contributed by atoms with Gasteiger partial charge in [-0.3, -0.25) is 19.2 Å². The molecule has 152 valence electrons. The van der Waals surface area contributed by atoms with Crippen molar-refractivity contribution >= 4 is 35.8 Å². The van der Waals surface area contributed by atoms with Gasteiger partial charge >= 0.3 is 24.0 Å². The minimum absolute atomic E-state index is 0.228. The number of hydrogen-bond donors (Lipinski definition) is 6. The zero-order chi connectivity index (χ0) is 21.1. The van der Waals surface area contributed by atoms with E-state index in [2.05, 4.69) is 5.32 Å². The number of carbonyl (C=O) groups excluding carboxylic acids is 2. The van der Waals surface area contributed by atoms with Crippen LogP contribution in [0.4, 0.5) is 4.79 Å². The van der Waals surface area contributed by atoms with E-state index in [0.717, 1.165) is 0 Å². The molecule has 3 amide bonds. The third kappa shape index (κ3) is 9.74. The molecule has 0 aliphatic carbocycles. The van der Waals surface area contributed by atoms with Crippen molar-refractivity contribution in [2.75, 3.05) is 6.54 Å². The van der Waals surface area contributed by atoms with Crippen LogP contribution in [0.1, 0.15) is 32.1 Å². The maximum atomic E-state index is 11.9. The SMILES string of the molecule is NC(CCC(=O)NC(CCC(=O)N(CCC(=O)O)C(=O)O)C(=O)O)C(=O)O. The van der Waals surface area contributed by atoms with E-state index in [-0.39, 0.29) is 17.7 Å². The van der Waals surface area contributed by atoms with Crippen molar-refractivity contribution in [1.82, 2.24) is 10.2 Å². The molecular formula is C14H21N3O10. The zero-order valence-corrected chi connectivity index (χ0v) is 14.2. The number of rotatable bonds is 12. The molecule has 0 spiro atoms. The summed E-state index contributed by atoms with van der Waals surface area (Å²) in [7, 11) is 0. The molecule has 0 aromatic heterocycles. The first-order valence-electron chi connectivity index (χ1n) is 7.71. The molecule has 2 atom stereocenters. The van der Waals surface area contributed by atoms with Crippen molar-refractivity contribution in [3.8, 4) is 0 Å². The van der Waals surface area contributed by atoms with E-state index in [1.54, 1.807) is 0 Å². The van der Waals surface area contributed by atoms with Crippen molar-refractivity contribution in [3.05, 3.63) is 0 Å². The summed E-state index contributed by atoms with van der Waals surface area (Å²) >= 11 is 0. The standard InChI is InChI=1S/C14H21N3O10/c15-7(12(22)23)1-3-9(18)16-8(13(24)25)2-4-10(19)17(14(26)27)6-5-11(20)21/h7-8H,1-6,15H2,(H,16,18)(H,20,21)(H,22,23)(H,24,25)(H,26,27). The molecule has 0 heterocycles. The van der Waals surface area contributed by atoms with Crippen molar-refractivity contribution in [2.45, 2.75) is 44.2 Å². The van der Waals surface area contributed by atoms with Crippen molar-refractivity contribution in [1.29, 1.82) is 0 Å². The quantitative estimate of drug-likeness (QED) is 0.224. The Balaban J connectivity index is 4.68. The van der Waals surface area contributed by atoms with E-state index in [4.69, 9.17) is 26.2 Å². The Hall–Kier alpha value is -3.22. The number of carbonyl (C=O) groups is 6. The molecule has 0 bridgehead atoms. The van der Waals surface area contributed by atoms with E-state index in [9.17, 15) is 28.8 Å². The number of nitrogens with one attached hydrogen (secondary N) is 1. The lowest BCUT2D eigenvalue weighted by Gasteiger charge is -2.18. The van der Waals surface area contributed by atoms with Crippen LogP contribution in [0.25, 0.3) is 0 Å². The molecule has 0 fully saturated rings. The summed E-state index contributed by atoms with van der Waals surface area (Å²) in [6, 6.07) is -2.81. The van der Waals surface area contributed by atoms with E-state index in [0.29, 0.717) is 0 Å². The van der Waals surface area contributed by atoms with Crippen LogP contribution >= 0.6 is 0 Å². The Morgan fingerprint density at radius 2 is 1.44 bits per heavy atom. The summed E-state index contributed by atoms with van der Waals surface area (Å²) < 4.78 is 0. The molecule has 13 nitrogen and oxygen atoms in total. The molecule has 0 aliphatic rings. The largest absolute Gasteiger partial charge is 0.481 e. The topological polar surface area (TPSA) is 225 Å². The van der Waals surface area contributed by atoms with Crippen LogP contribution < -0.4 is 11.1 Å². The summed E-state index contributed by atoms with van der Waals surface area (Å²) in [5, 5.41) is 37.2. The maximum absolute atomic E-state index is 11.9. The van der Waals surface area contributed by atoms with Crippen LogP contribution in [0, 0.1) is 0 Å². The molecule has 0 aliphatic heterocycles. The Kier molecular flexibility index (Phi) is 10.0. The van der Waals surface area contributed by atoms with E-state index < -0.39 is 73.7 Å². The monoisotopic (exact) mass is 391 g/mol. The lowest BCUT2D eigenvalue weighted by atomic mass is 10.1. The van der Waals surface area contributed by atoms with Gasteiger partial charge in [0.2, 0.25) is 11.8 Å². The number of carboxylic acids is 3. The Labute approximate surface area is 152 Å². The number of hydrogen-bond acceptors (Lipinski definition) is 7.